The molecule has 144 valence electrons. The SMILES string of the molecule is O=[N+]([O-])c1cc(/C=C2\CCCN=C2c2cccnc2)ccc1N1CCCCC1. The number of nitro groups is 1. The summed E-state index contributed by atoms with van der Waals surface area (Å²) in [7, 11) is 0. The maximum atomic E-state index is 11.7. The van der Waals surface area contributed by atoms with Gasteiger partial charge in [0.25, 0.3) is 5.69 Å². The number of rotatable bonds is 4. The van der Waals surface area contributed by atoms with E-state index >= 15 is 0 Å². The third kappa shape index (κ3) is 3.96. The van der Waals surface area contributed by atoms with Crippen LogP contribution in [0.2, 0.25) is 0 Å². The number of benzene rings is 1. The molecule has 0 saturated carbocycles. The van der Waals surface area contributed by atoms with Crippen LogP contribution < -0.4 is 4.90 Å². The summed E-state index contributed by atoms with van der Waals surface area (Å²) in [6, 6.07) is 9.50. The molecule has 1 saturated heterocycles. The van der Waals surface area contributed by atoms with Crippen molar-refractivity contribution in [3.8, 4) is 0 Å². The molecular formula is C22H24N4O2. The Labute approximate surface area is 164 Å². The smallest absolute Gasteiger partial charge is 0.293 e. The van der Waals surface area contributed by atoms with Gasteiger partial charge >= 0.3 is 0 Å². The average molecular weight is 376 g/mol. The van der Waals surface area contributed by atoms with Gasteiger partial charge in [0.05, 0.1) is 10.6 Å². The number of aromatic nitrogens is 1. The van der Waals surface area contributed by atoms with Gasteiger partial charge in [-0.25, -0.2) is 0 Å². The van der Waals surface area contributed by atoms with Crippen LogP contribution in [0.3, 0.4) is 0 Å². The summed E-state index contributed by atoms with van der Waals surface area (Å²) in [4.78, 5) is 22.5. The van der Waals surface area contributed by atoms with Crippen molar-refractivity contribution in [3.63, 3.8) is 0 Å². The Morgan fingerprint density at radius 2 is 1.96 bits per heavy atom. The van der Waals surface area contributed by atoms with Gasteiger partial charge in [-0.05, 0) is 67.5 Å². The molecule has 6 nitrogen and oxygen atoms in total. The van der Waals surface area contributed by atoms with Crippen LogP contribution in [0.5, 0.6) is 0 Å². The molecule has 0 atom stereocenters. The van der Waals surface area contributed by atoms with Gasteiger partial charge in [-0.3, -0.25) is 20.1 Å². The van der Waals surface area contributed by atoms with Crippen LogP contribution >= 0.6 is 0 Å². The predicted molar refractivity (Wildman–Crippen MR) is 112 cm³/mol. The van der Waals surface area contributed by atoms with Crippen LogP contribution in [0.25, 0.3) is 6.08 Å². The quantitative estimate of drug-likeness (QED) is 0.575. The first-order valence-electron chi connectivity index (χ1n) is 9.91. The molecule has 1 fully saturated rings. The number of hydrogen-bond donors (Lipinski definition) is 0. The van der Waals surface area contributed by atoms with Gasteiger partial charge in [0.2, 0.25) is 0 Å². The largest absolute Gasteiger partial charge is 0.366 e. The number of hydrogen-bond acceptors (Lipinski definition) is 5. The maximum absolute atomic E-state index is 11.7. The standard InChI is InChI=1S/C22H24N4O2/c27-26(28)21-15-17(8-9-20(21)25-12-2-1-3-13-25)14-18-6-5-11-24-22(18)19-7-4-10-23-16-19/h4,7-10,14-16H,1-3,5-6,11-13H2/b18-14+. The Morgan fingerprint density at radius 3 is 2.71 bits per heavy atom. The Hall–Kier alpha value is -3.02. The molecule has 2 aromatic rings. The van der Waals surface area contributed by atoms with Crippen molar-refractivity contribution in [1.82, 2.24) is 4.98 Å². The van der Waals surface area contributed by atoms with Gasteiger partial charge in [-0.15, -0.1) is 0 Å². The third-order valence-corrected chi connectivity index (χ3v) is 5.35. The van der Waals surface area contributed by atoms with Crippen LogP contribution in [0, 0.1) is 10.1 Å². The summed E-state index contributed by atoms with van der Waals surface area (Å²) in [5.41, 5.74) is 4.82. The van der Waals surface area contributed by atoms with Crippen molar-refractivity contribution in [2.75, 3.05) is 24.5 Å². The van der Waals surface area contributed by atoms with Crippen LogP contribution in [0.15, 0.2) is 53.3 Å². The number of piperidine rings is 1. The van der Waals surface area contributed by atoms with Gasteiger partial charge < -0.3 is 4.90 Å². The molecule has 0 N–H and O–H groups in total. The molecule has 0 unspecified atom stereocenters. The topological polar surface area (TPSA) is 71.6 Å². The van der Waals surface area contributed by atoms with E-state index in [4.69, 9.17) is 4.99 Å². The fourth-order valence-corrected chi connectivity index (χ4v) is 3.98. The number of aliphatic imine (C=N–C) groups is 1. The van der Waals surface area contributed by atoms with Gasteiger partial charge in [0.15, 0.2) is 0 Å². The van der Waals surface area contributed by atoms with Gasteiger partial charge in [-0.2, -0.15) is 0 Å². The van der Waals surface area contributed by atoms with Crippen LogP contribution in [0.1, 0.15) is 43.2 Å². The lowest BCUT2D eigenvalue weighted by Gasteiger charge is -2.28. The van der Waals surface area contributed by atoms with E-state index in [0.29, 0.717) is 0 Å². The summed E-state index contributed by atoms with van der Waals surface area (Å²) < 4.78 is 0. The summed E-state index contributed by atoms with van der Waals surface area (Å²) in [6.45, 7) is 2.58. The average Bonchev–Trinajstić information content (AvgIpc) is 2.75. The minimum atomic E-state index is -0.261. The Morgan fingerprint density at radius 1 is 1.11 bits per heavy atom. The minimum Gasteiger partial charge on any atom is -0.366 e. The second-order valence-electron chi connectivity index (χ2n) is 7.30. The minimum absolute atomic E-state index is 0.187. The van der Waals surface area contributed by atoms with Crippen LogP contribution in [-0.4, -0.2) is 35.3 Å². The van der Waals surface area contributed by atoms with E-state index in [1.807, 2.05) is 36.5 Å². The molecule has 2 aliphatic rings. The Bertz CT molecular complexity index is 915. The van der Waals surface area contributed by atoms with Crippen molar-refractivity contribution in [1.29, 1.82) is 0 Å². The zero-order chi connectivity index (χ0) is 19.3. The van der Waals surface area contributed by atoms with E-state index in [-0.39, 0.29) is 10.6 Å². The molecule has 0 amide bonds. The summed E-state index contributed by atoms with van der Waals surface area (Å²) in [6.07, 6.45) is 10.9. The molecule has 1 aromatic carbocycles. The van der Waals surface area contributed by atoms with E-state index in [0.717, 1.165) is 73.4 Å². The van der Waals surface area contributed by atoms with E-state index in [1.165, 1.54) is 6.42 Å². The Kier molecular flexibility index (Phi) is 5.46. The highest BCUT2D eigenvalue weighted by Gasteiger charge is 2.22. The van der Waals surface area contributed by atoms with Gasteiger partial charge in [0, 0.05) is 43.7 Å². The van der Waals surface area contributed by atoms with Crippen molar-refractivity contribution in [2.24, 2.45) is 4.99 Å². The highest BCUT2D eigenvalue weighted by molar-refractivity contribution is 6.15. The number of anilines is 1. The van der Waals surface area contributed by atoms with Gasteiger partial charge in [0.1, 0.15) is 5.69 Å². The summed E-state index contributed by atoms with van der Waals surface area (Å²) in [5.74, 6) is 0. The highest BCUT2D eigenvalue weighted by Crippen LogP contribution is 2.32. The van der Waals surface area contributed by atoms with Crippen molar-refractivity contribution < 1.29 is 4.92 Å². The van der Waals surface area contributed by atoms with E-state index in [1.54, 1.807) is 12.3 Å². The molecule has 1 aromatic heterocycles. The van der Waals surface area contributed by atoms with Gasteiger partial charge in [-0.1, -0.05) is 6.07 Å². The molecule has 0 aliphatic carbocycles. The molecular weight excluding hydrogens is 352 g/mol. The second-order valence-corrected chi connectivity index (χ2v) is 7.30. The monoisotopic (exact) mass is 376 g/mol. The van der Waals surface area contributed by atoms with E-state index in [2.05, 4.69) is 9.88 Å². The molecule has 4 rings (SSSR count). The molecule has 0 bridgehead atoms. The number of nitrogens with zero attached hydrogens (tertiary/aromatic N) is 4. The summed E-state index contributed by atoms with van der Waals surface area (Å²) >= 11 is 0. The first kappa shape index (κ1) is 18.3. The third-order valence-electron chi connectivity index (χ3n) is 5.35. The summed E-state index contributed by atoms with van der Waals surface area (Å²) in [5, 5.41) is 11.7. The lowest BCUT2D eigenvalue weighted by atomic mass is 9.94. The van der Waals surface area contributed by atoms with Crippen molar-refractivity contribution in [2.45, 2.75) is 32.1 Å². The first-order valence-corrected chi connectivity index (χ1v) is 9.91. The van der Waals surface area contributed by atoms with E-state index in [9.17, 15) is 10.1 Å². The number of pyridine rings is 1. The van der Waals surface area contributed by atoms with Crippen LogP contribution in [0.4, 0.5) is 11.4 Å². The first-order chi connectivity index (χ1) is 13.7. The number of nitro benzene ring substituents is 1. The normalized spacial score (nSPS) is 18.8. The molecule has 0 radical (unpaired) electrons. The Balaban J connectivity index is 1.68. The molecule has 2 aliphatic heterocycles. The fourth-order valence-electron chi connectivity index (χ4n) is 3.98. The van der Waals surface area contributed by atoms with Crippen LogP contribution in [-0.2, 0) is 0 Å². The van der Waals surface area contributed by atoms with Crippen molar-refractivity contribution >= 4 is 23.2 Å². The zero-order valence-electron chi connectivity index (χ0n) is 15.9. The fraction of sp³-hybridized carbons (Fsp3) is 0.364. The maximum Gasteiger partial charge on any atom is 0.293 e. The van der Waals surface area contributed by atoms with Crippen molar-refractivity contribution in [3.05, 3.63) is 69.5 Å². The molecule has 28 heavy (non-hydrogen) atoms. The van der Waals surface area contributed by atoms with E-state index < -0.39 is 0 Å². The predicted octanol–water partition coefficient (Wildman–Crippen LogP) is 4.65. The lowest BCUT2D eigenvalue weighted by molar-refractivity contribution is -0.384. The molecule has 6 heteroatoms. The lowest BCUT2D eigenvalue weighted by Crippen LogP contribution is -2.29. The zero-order valence-corrected chi connectivity index (χ0v) is 15.9. The highest BCUT2D eigenvalue weighted by atomic mass is 16.6. The molecule has 0 spiro atoms. The second kappa shape index (κ2) is 8.33. The molecule has 3 heterocycles. The number of allylic oxidation sites excluding steroid dienone is 1.